The van der Waals surface area contributed by atoms with Crippen LogP contribution in [0.4, 0.5) is 0 Å². The molecule has 1 fully saturated rings. The Morgan fingerprint density at radius 1 is 1.23 bits per heavy atom. The van der Waals surface area contributed by atoms with Crippen molar-refractivity contribution in [3.8, 4) is 0 Å². The molecule has 1 saturated heterocycles. The van der Waals surface area contributed by atoms with E-state index in [0.717, 1.165) is 48.9 Å². The Balaban J connectivity index is 1.61. The summed E-state index contributed by atoms with van der Waals surface area (Å²) < 4.78 is 0. The van der Waals surface area contributed by atoms with Crippen LogP contribution in [0.25, 0.3) is 10.8 Å². The summed E-state index contributed by atoms with van der Waals surface area (Å²) in [5.41, 5.74) is 8.45. The van der Waals surface area contributed by atoms with Gasteiger partial charge in [-0.05, 0) is 37.1 Å². The number of carbonyl (C=O) groups is 1. The lowest BCUT2D eigenvalue weighted by Crippen LogP contribution is -2.56. The molecular formula is C26H33N3O. The van der Waals surface area contributed by atoms with Crippen molar-refractivity contribution in [1.29, 1.82) is 0 Å². The zero-order valence-corrected chi connectivity index (χ0v) is 18.1. The average molecular weight is 404 g/mol. The van der Waals surface area contributed by atoms with Gasteiger partial charge in [0.1, 0.15) is 0 Å². The molecule has 158 valence electrons. The first-order valence-electron chi connectivity index (χ1n) is 10.7. The predicted octanol–water partition coefficient (Wildman–Crippen LogP) is 4.39. The molecule has 0 aromatic heterocycles. The fraction of sp³-hybridized carbons (Fsp3) is 0.346. The molecule has 0 spiro atoms. The number of nitrogens with zero attached hydrogens (tertiary/aromatic N) is 2. The Morgan fingerprint density at radius 2 is 2.00 bits per heavy atom. The van der Waals surface area contributed by atoms with Gasteiger partial charge >= 0.3 is 0 Å². The number of nitrogens with two attached hydrogens (primary N) is 1. The maximum atomic E-state index is 13.2. The third-order valence-corrected chi connectivity index (χ3v) is 5.86. The number of fused-ring (bicyclic) bond motifs is 1. The smallest absolute Gasteiger partial charge is 0.254 e. The first-order chi connectivity index (χ1) is 14.5. The first kappa shape index (κ1) is 22.0. The van der Waals surface area contributed by atoms with Crippen LogP contribution in [0.1, 0.15) is 30.6 Å². The number of hydrogen-bond donors (Lipinski definition) is 1. The Hall–Kier alpha value is -2.69. The molecule has 0 aliphatic carbocycles. The highest BCUT2D eigenvalue weighted by Crippen LogP contribution is 2.22. The zero-order valence-electron chi connectivity index (χ0n) is 18.1. The highest BCUT2D eigenvalue weighted by atomic mass is 16.2. The van der Waals surface area contributed by atoms with Crippen LogP contribution in [-0.4, -0.2) is 54.0 Å². The monoisotopic (exact) mass is 403 g/mol. The second kappa shape index (κ2) is 10.4. The van der Waals surface area contributed by atoms with E-state index in [1.165, 1.54) is 5.57 Å². The van der Waals surface area contributed by atoms with Crippen molar-refractivity contribution in [2.75, 3.05) is 26.2 Å². The molecule has 4 nitrogen and oxygen atoms in total. The maximum Gasteiger partial charge on any atom is 0.254 e. The van der Waals surface area contributed by atoms with Crippen LogP contribution in [0.3, 0.4) is 0 Å². The third-order valence-electron chi connectivity index (χ3n) is 5.86. The highest BCUT2D eigenvalue weighted by Gasteiger charge is 2.28. The van der Waals surface area contributed by atoms with Gasteiger partial charge in [-0.2, -0.15) is 0 Å². The summed E-state index contributed by atoms with van der Waals surface area (Å²) in [4.78, 5) is 17.6. The predicted molar refractivity (Wildman–Crippen MR) is 127 cm³/mol. The molecule has 1 aliphatic heterocycles. The second-order valence-electron chi connectivity index (χ2n) is 8.04. The number of carbonyl (C=O) groups excluding carboxylic acids is 1. The second-order valence-corrected chi connectivity index (χ2v) is 8.04. The molecular weight excluding hydrogens is 370 g/mol. The van der Waals surface area contributed by atoms with E-state index in [0.29, 0.717) is 0 Å². The standard InChI is InChI=1S/C26H33N3O/c1-4-6-10-21(5-2)17-23(27)19-28-15-16-29(18-20(28)3)26(30)25-14-9-12-22-11-7-8-13-24(22)25/h4-14,20,23H,1,15-19,27H2,2-3H3/b10-6-,21-5+/t20-,23?/m0/s1. The van der Waals surface area contributed by atoms with E-state index < -0.39 is 0 Å². The molecule has 1 unspecified atom stereocenters. The molecule has 1 aliphatic rings. The molecule has 0 saturated carbocycles. The minimum atomic E-state index is 0.0634. The van der Waals surface area contributed by atoms with Crippen molar-refractivity contribution >= 4 is 16.7 Å². The molecule has 1 heterocycles. The number of piperazine rings is 1. The Labute approximate surface area is 180 Å². The van der Waals surface area contributed by atoms with Crippen LogP contribution < -0.4 is 5.73 Å². The molecule has 4 heteroatoms. The van der Waals surface area contributed by atoms with Gasteiger partial charge in [0.15, 0.2) is 0 Å². The fourth-order valence-electron chi connectivity index (χ4n) is 4.18. The number of amides is 1. The van der Waals surface area contributed by atoms with Crippen molar-refractivity contribution in [3.05, 3.63) is 84.5 Å². The van der Waals surface area contributed by atoms with Crippen molar-refractivity contribution in [2.24, 2.45) is 5.73 Å². The lowest BCUT2D eigenvalue weighted by molar-refractivity contribution is 0.0503. The summed E-state index contributed by atoms with van der Waals surface area (Å²) in [7, 11) is 0. The Kier molecular flexibility index (Phi) is 7.61. The van der Waals surface area contributed by atoms with Gasteiger partial charge in [-0.15, -0.1) is 0 Å². The average Bonchev–Trinajstić information content (AvgIpc) is 2.77. The van der Waals surface area contributed by atoms with E-state index in [1.54, 1.807) is 6.08 Å². The summed E-state index contributed by atoms with van der Waals surface area (Å²) in [6, 6.07) is 14.4. The van der Waals surface area contributed by atoms with Gasteiger partial charge in [0.25, 0.3) is 5.91 Å². The number of allylic oxidation sites excluding steroid dienone is 4. The maximum absolute atomic E-state index is 13.2. The molecule has 2 N–H and O–H groups in total. The first-order valence-corrected chi connectivity index (χ1v) is 10.7. The quantitative estimate of drug-likeness (QED) is 0.698. The Bertz CT molecular complexity index is 941. The van der Waals surface area contributed by atoms with Crippen LogP contribution >= 0.6 is 0 Å². The normalized spacial score (nSPS) is 19.4. The van der Waals surface area contributed by atoms with Gasteiger partial charge in [-0.25, -0.2) is 0 Å². The van der Waals surface area contributed by atoms with Crippen LogP contribution in [0.2, 0.25) is 0 Å². The van der Waals surface area contributed by atoms with Crippen molar-refractivity contribution in [1.82, 2.24) is 9.80 Å². The molecule has 0 bridgehead atoms. The van der Waals surface area contributed by atoms with E-state index >= 15 is 0 Å². The van der Waals surface area contributed by atoms with E-state index in [4.69, 9.17) is 5.73 Å². The van der Waals surface area contributed by atoms with Crippen LogP contribution in [0.5, 0.6) is 0 Å². The lowest BCUT2D eigenvalue weighted by Gasteiger charge is -2.41. The molecule has 0 radical (unpaired) electrons. The largest absolute Gasteiger partial charge is 0.336 e. The summed E-state index contributed by atoms with van der Waals surface area (Å²) >= 11 is 0. The minimum Gasteiger partial charge on any atom is -0.336 e. The fourth-order valence-corrected chi connectivity index (χ4v) is 4.18. The van der Waals surface area contributed by atoms with Crippen LogP contribution in [-0.2, 0) is 0 Å². The van der Waals surface area contributed by atoms with E-state index in [9.17, 15) is 4.79 Å². The van der Waals surface area contributed by atoms with E-state index in [2.05, 4.69) is 42.7 Å². The van der Waals surface area contributed by atoms with Crippen molar-refractivity contribution in [2.45, 2.75) is 32.4 Å². The van der Waals surface area contributed by atoms with E-state index in [1.807, 2.05) is 48.2 Å². The van der Waals surface area contributed by atoms with Crippen molar-refractivity contribution in [3.63, 3.8) is 0 Å². The van der Waals surface area contributed by atoms with Crippen LogP contribution in [0.15, 0.2) is 78.9 Å². The van der Waals surface area contributed by atoms with Gasteiger partial charge in [-0.1, -0.05) is 72.9 Å². The topological polar surface area (TPSA) is 49.6 Å². The summed E-state index contributed by atoms with van der Waals surface area (Å²) in [5, 5.41) is 2.12. The molecule has 2 aromatic carbocycles. The van der Waals surface area contributed by atoms with Gasteiger partial charge in [0.05, 0.1) is 0 Å². The van der Waals surface area contributed by atoms with Gasteiger partial charge in [0.2, 0.25) is 0 Å². The van der Waals surface area contributed by atoms with Gasteiger partial charge < -0.3 is 10.6 Å². The molecule has 2 aromatic rings. The molecule has 3 rings (SSSR count). The third kappa shape index (κ3) is 5.26. The molecule has 30 heavy (non-hydrogen) atoms. The Morgan fingerprint density at radius 3 is 2.73 bits per heavy atom. The van der Waals surface area contributed by atoms with Crippen molar-refractivity contribution < 1.29 is 4.79 Å². The van der Waals surface area contributed by atoms with E-state index in [-0.39, 0.29) is 18.0 Å². The molecule has 1 amide bonds. The number of benzene rings is 2. The summed E-state index contributed by atoms with van der Waals surface area (Å²) in [6.45, 7) is 11.1. The van der Waals surface area contributed by atoms with Gasteiger partial charge in [-0.3, -0.25) is 9.69 Å². The summed E-state index contributed by atoms with van der Waals surface area (Å²) in [5.74, 6) is 0.119. The van der Waals surface area contributed by atoms with Gasteiger partial charge in [0, 0.05) is 43.8 Å². The minimum absolute atomic E-state index is 0.0634. The number of rotatable bonds is 7. The lowest BCUT2D eigenvalue weighted by atomic mass is 10.0. The number of hydrogen-bond acceptors (Lipinski definition) is 3. The highest BCUT2D eigenvalue weighted by molar-refractivity contribution is 6.07. The SMILES string of the molecule is C=C/C=C\C(=C/C)CC(N)CN1CCN(C(=O)c2cccc3ccccc23)C[C@@H]1C. The molecule has 2 atom stereocenters. The zero-order chi connectivity index (χ0) is 21.5. The summed E-state index contributed by atoms with van der Waals surface area (Å²) in [6.07, 6.45) is 8.73. The van der Waals surface area contributed by atoms with Crippen LogP contribution in [0, 0.1) is 0 Å².